The van der Waals surface area contributed by atoms with Crippen molar-refractivity contribution in [1.82, 2.24) is 20.1 Å². The Kier molecular flexibility index (Phi) is 3.97. The fourth-order valence-corrected chi connectivity index (χ4v) is 2.18. The van der Waals surface area contributed by atoms with Crippen LogP contribution in [0, 0.1) is 6.92 Å². The number of hydrogen-bond donors (Lipinski definition) is 1. The Hall–Kier alpha value is -2.89. The lowest BCUT2D eigenvalue weighted by Gasteiger charge is -2.05. The maximum atomic E-state index is 12.2. The Balaban J connectivity index is 2.07. The third kappa shape index (κ3) is 3.15. The third-order valence-corrected chi connectivity index (χ3v) is 3.29. The summed E-state index contributed by atoms with van der Waals surface area (Å²) in [5, 5.41) is 7.18. The molecule has 3 aromatic rings. The minimum Gasteiger partial charge on any atom is -0.472 e. The van der Waals surface area contributed by atoms with Gasteiger partial charge in [-0.3, -0.25) is 4.79 Å². The molecular formula is C17H18N4O2. The van der Waals surface area contributed by atoms with E-state index in [-0.39, 0.29) is 17.8 Å². The van der Waals surface area contributed by atoms with Gasteiger partial charge in [-0.15, -0.1) is 5.10 Å². The van der Waals surface area contributed by atoms with Gasteiger partial charge in [0.2, 0.25) is 5.82 Å². The normalized spacial score (nSPS) is 11.0. The largest absolute Gasteiger partial charge is 0.472 e. The van der Waals surface area contributed by atoms with Crippen LogP contribution in [0.15, 0.2) is 47.3 Å². The van der Waals surface area contributed by atoms with Gasteiger partial charge in [-0.05, 0) is 39.0 Å². The molecule has 0 saturated heterocycles. The van der Waals surface area contributed by atoms with E-state index in [0.29, 0.717) is 5.82 Å². The predicted octanol–water partition coefficient (Wildman–Crippen LogP) is 2.97. The summed E-state index contributed by atoms with van der Waals surface area (Å²) in [7, 11) is 0. The summed E-state index contributed by atoms with van der Waals surface area (Å²) in [5.74, 6) is 0.405. The lowest BCUT2D eigenvalue weighted by Crippen LogP contribution is -2.31. The molecule has 0 radical (unpaired) electrons. The summed E-state index contributed by atoms with van der Waals surface area (Å²) in [6.07, 6.45) is 3.15. The number of carbonyl (C=O) groups excluding carboxylic acids is 1. The van der Waals surface area contributed by atoms with Crippen molar-refractivity contribution in [1.29, 1.82) is 0 Å². The highest BCUT2D eigenvalue weighted by molar-refractivity contribution is 5.91. The van der Waals surface area contributed by atoms with Crippen LogP contribution >= 0.6 is 0 Å². The van der Waals surface area contributed by atoms with Gasteiger partial charge in [-0.1, -0.05) is 17.7 Å². The van der Waals surface area contributed by atoms with Gasteiger partial charge >= 0.3 is 0 Å². The molecule has 2 aromatic heterocycles. The molecule has 118 valence electrons. The number of amides is 1. The molecule has 0 spiro atoms. The van der Waals surface area contributed by atoms with Crippen molar-refractivity contribution in [3.05, 3.63) is 54.2 Å². The van der Waals surface area contributed by atoms with Crippen molar-refractivity contribution in [2.24, 2.45) is 0 Å². The summed E-state index contributed by atoms with van der Waals surface area (Å²) in [5.41, 5.74) is 2.75. The number of nitrogens with zero attached hydrogens (tertiary/aromatic N) is 3. The molecule has 23 heavy (non-hydrogen) atoms. The van der Waals surface area contributed by atoms with Gasteiger partial charge in [0, 0.05) is 6.04 Å². The summed E-state index contributed by atoms with van der Waals surface area (Å²) >= 11 is 0. The monoisotopic (exact) mass is 310 g/mol. The van der Waals surface area contributed by atoms with Gasteiger partial charge in [0.25, 0.3) is 5.91 Å². The Morgan fingerprint density at radius 3 is 2.57 bits per heavy atom. The van der Waals surface area contributed by atoms with Crippen LogP contribution in [0.4, 0.5) is 0 Å². The van der Waals surface area contributed by atoms with E-state index >= 15 is 0 Å². The molecule has 0 unspecified atom stereocenters. The highest BCUT2D eigenvalue weighted by Crippen LogP contribution is 2.22. The summed E-state index contributed by atoms with van der Waals surface area (Å²) in [6.45, 7) is 5.81. The molecule has 0 atom stereocenters. The predicted molar refractivity (Wildman–Crippen MR) is 86.4 cm³/mol. The number of furan rings is 1. The second kappa shape index (κ2) is 6.08. The SMILES string of the molecule is Cc1ccc(-n2nc(C(=O)NC(C)C)nc2-c2ccoc2)cc1. The first-order chi connectivity index (χ1) is 11.0. The maximum Gasteiger partial charge on any atom is 0.291 e. The Morgan fingerprint density at radius 1 is 1.22 bits per heavy atom. The van der Waals surface area contributed by atoms with Crippen LogP contribution in [0.25, 0.3) is 17.1 Å². The minimum atomic E-state index is -0.296. The van der Waals surface area contributed by atoms with Gasteiger partial charge in [-0.2, -0.15) is 0 Å². The Bertz CT molecular complexity index is 802. The van der Waals surface area contributed by atoms with Crippen LogP contribution in [0.1, 0.15) is 30.0 Å². The van der Waals surface area contributed by atoms with Crippen LogP contribution in [-0.2, 0) is 0 Å². The molecule has 0 aliphatic rings. The van der Waals surface area contributed by atoms with Gasteiger partial charge in [0.15, 0.2) is 5.82 Å². The van der Waals surface area contributed by atoms with Crippen molar-refractivity contribution >= 4 is 5.91 Å². The smallest absolute Gasteiger partial charge is 0.291 e. The number of aryl methyl sites for hydroxylation is 1. The van der Waals surface area contributed by atoms with Crippen LogP contribution in [0.5, 0.6) is 0 Å². The Labute approximate surface area is 134 Å². The molecule has 0 fully saturated rings. The van der Waals surface area contributed by atoms with Crippen LogP contribution < -0.4 is 5.32 Å². The van der Waals surface area contributed by atoms with Gasteiger partial charge in [0.05, 0.1) is 17.5 Å². The molecule has 1 amide bonds. The standard InChI is InChI=1S/C17H18N4O2/c1-11(2)18-17(22)15-19-16(13-8-9-23-10-13)21(20-15)14-6-4-12(3)5-7-14/h4-11H,1-3H3,(H,18,22). The van der Waals surface area contributed by atoms with Crippen LogP contribution in [0.3, 0.4) is 0 Å². The van der Waals surface area contributed by atoms with Crippen molar-refractivity contribution in [2.75, 3.05) is 0 Å². The molecule has 2 heterocycles. The molecule has 6 heteroatoms. The molecular weight excluding hydrogens is 292 g/mol. The summed E-state index contributed by atoms with van der Waals surface area (Å²) in [4.78, 5) is 16.6. The zero-order valence-corrected chi connectivity index (χ0v) is 13.3. The molecule has 0 aliphatic heterocycles. The van der Waals surface area contributed by atoms with Crippen LogP contribution in [-0.4, -0.2) is 26.7 Å². The summed E-state index contributed by atoms with van der Waals surface area (Å²) in [6, 6.07) is 9.67. The first-order valence-electron chi connectivity index (χ1n) is 7.42. The average molecular weight is 310 g/mol. The second-order valence-corrected chi connectivity index (χ2v) is 5.65. The highest BCUT2D eigenvalue weighted by atomic mass is 16.3. The number of aromatic nitrogens is 3. The topological polar surface area (TPSA) is 73.0 Å². The van der Waals surface area contributed by atoms with Gasteiger partial charge in [-0.25, -0.2) is 9.67 Å². The van der Waals surface area contributed by atoms with E-state index in [4.69, 9.17) is 4.42 Å². The molecule has 0 aliphatic carbocycles. The molecule has 1 aromatic carbocycles. The number of rotatable bonds is 4. The lowest BCUT2D eigenvalue weighted by atomic mass is 10.2. The molecule has 0 saturated carbocycles. The van der Waals surface area contributed by atoms with E-state index in [9.17, 15) is 4.79 Å². The van der Waals surface area contributed by atoms with E-state index in [1.165, 1.54) is 0 Å². The van der Waals surface area contributed by atoms with Crippen LogP contribution in [0.2, 0.25) is 0 Å². The van der Waals surface area contributed by atoms with Crippen molar-refractivity contribution in [3.63, 3.8) is 0 Å². The number of nitrogens with one attached hydrogen (secondary N) is 1. The van der Waals surface area contributed by atoms with E-state index in [0.717, 1.165) is 16.8 Å². The van der Waals surface area contributed by atoms with E-state index in [2.05, 4.69) is 15.4 Å². The van der Waals surface area contributed by atoms with E-state index < -0.39 is 0 Å². The molecule has 1 N–H and O–H groups in total. The fourth-order valence-electron chi connectivity index (χ4n) is 2.18. The number of carbonyl (C=O) groups is 1. The number of benzene rings is 1. The quantitative estimate of drug-likeness (QED) is 0.804. The molecule has 6 nitrogen and oxygen atoms in total. The highest BCUT2D eigenvalue weighted by Gasteiger charge is 2.19. The van der Waals surface area contributed by atoms with Gasteiger partial charge < -0.3 is 9.73 Å². The first kappa shape index (κ1) is 15.0. The Morgan fingerprint density at radius 2 is 1.96 bits per heavy atom. The number of hydrogen-bond acceptors (Lipinski definition) is 4. The first-order valence-corrected chi connectivity index (χ1v) is 7.42. The maximum absolute atomic E-state index is 12.2. The lowest BCUT2D eigenvalue weighted by molar-refractivity contribution is 0.0932. The third-order valence-electron chi connectivity index (χ3n) is 3.29. The zero-order valence-electron chi connectivity index (χ0n) is 13.3. The fraction of sp³-hybridized carbons (Fsp3) is 0.235. The average Bonchev–Trinajstić information content (AvgIpc) is 3.16. The summed E-state index contributed by atoms with van der Waals surface area (Å²) < 4.78 is 6.78. The zero-order chi connectivity index (χ0) is 16.4. The van der Waals surface area contributed by atoms with Crippen molar-refractivity contribution in [3.8, 4) is 17.1 Å². The van der Waals surface area contributed by atoms with Gasteiger partial charge in [0.1, 0.15) is 6.26 Å². The molecule has 0 bridgehead atoms. The van der Waals surface area contributed by atoms with Crippen molar-refractivity contribution < 1.29 is 9.21 Å². The van der Waals surface area contributed by atoms with E-state index in [1.54, 1.807) is 23.3 Å². The minimum absolute atomic E-state index is 0.0196. The van der Waals surface area contributed by atoms with E-state index in [1.807, 2.05) is 45.0 Å². The second-order valence-electron chi connectivity index (χ2n) is 5.65. The molecule has 3 rings (SSSR count). The van der Waals surface area contributed by atoms with Crippen molar-refractivity contribution in [2.45, 2.75) is 26.8 Å².